The molecule has 0 saturated carbocycles. The predicted molar refractivity (Wildman–Crippen MR) is 84.6 cm³/mol. The summed E-state index contributed by atoms with van der Waals surface area (Å²) in [4.78, 5) is 4.82. The Balaban J connectivity index is 2.46. The molecule has 1 heteroatoms. The monoisotopic (exact) mass is 255 g/mol. The number of rotatable bonds is 5. The highest BCUT2D eigenvalue weighted by Gasteiger charge is 2.25. The van der Waals surface area contributed by atoms with E-state index in [1.165, 1.54) is 18.4 Å². The van der Waals surface area contributed by atoms with Gasteiger partial charge in [0.15, 0.2) is 0 Å². The van der Waals surface area contributed by atoms with Crippen molar-refractivity contribution in [3.8, 4) is 0 Å². The first-order valence-corrected chi connectivity index (χ1v) is 7.63. The van der Waals surface area contributed by atoms with Crippen molar-refractivity contribution in [3.05, 3.63) is 41.5 Å². The largest absolute Gasteiger partial charge is 0.289 e. The van der Waals surface area contributed by atoms with Gasteiger partial charge in [-0.15, -0.1) is 0 Å². The molecule has 1 aromatic carbocycles. The molecule has 0 radical (unpaired) electrons. The van der Waals surface area contributed by atoms with Crippen molar-refractivity contribution >= 4 is 11.8 Å². The lowest BCUT2D eigenvalue weighted by molar-refractivity contribution is 0.638. The Kier molecular flexibility index (Phi) is 4.95. The van der Waals surface area contributed by atoms with Crippen molar-refractivity contribution in [2.24, 2.45) is 10.9 Å². The van der Waals surface area contributed by atoms with Gasteiger partial charge < -0.3 is 0 Å². The van der Waals surface area contributed by atoms with Crippen LogP contribution in [0.1, 0.15) is 52.0 Å². The van der Waals surface area contributed by atoms with Crippen LogP contribution in [-0.4, -0.2) is 12.3 Å². The summed E-state index contributed by atoms with van der Waals surface area (Å²) in [6, 6.07) is 11.3. The Hall–Kier alpha value is -1.37. The van der Waals surface area contributed by atoms with Crippen LogP contribution >= 0.6 is 0 Å². The Bertz CT molecular complexity index is 456. The van der Waals surface area contributed by atoms with Crippen LogP contribution in [0.2, 0.25) is 0 Å². The summed E-state index contributed by atoms with van der Waals surface area (Å²) >= 11 is 0. The minimum Gasteiger partial charge on any atom is -0.289 e. The van der Waals surface area contributed by atoms with Crippen LogP contribution in [0.4, 0.5) is 0 Å². The summed E-state index contributed by atoms with van der Waals surface area (Å²) in [5.74, 6) is 0.491. The average Bonchev–Trinajstić information content (AvgIpc) is 2.48. The number of hydrogen-bond acceptors (Lipinski definition) is 1. The first kappa shape index (κ1) is 14.0. The Morgan fingerprint density at radius 1 is 1.05 bits per heavy atom. The van der Waals surface area contributed by atoms with Gasteiger partial charge in [0.05, 0.1) is 6.04 Å². The van der Waals surface area contributed by atoms with Crippen LogP contribution in [0.3, 0.4) is 0 Å². The van der Waals surface area contributed by atoms with Gasteiger partial charge in [-0.2, -0.15) is 0 Å². The minimum absolute atomic E-state index is 0.410. The van der Waals surface area contributed by atoms with Gasteiger partial charge in [0.25, 0.3) is 0 Å². The van der Waals surface area contributed by atoms with Gasteiger partial charge in [-0.25, -0.2) is 0 Å². The van der Waals surface area contributed by atoms with Crippen molar-refractivity contribution in [1.82, 2.24) is 0 Å². The topological polar surface area (TPSA) is 12.4 Å². The van der Waals surface area contributed by atoms with Gasteiger partial charge in [-0.3, -0.25) is 4.99 Å². The zero-order chi connectivity index (χ0) is 13.7. The van der Waals surface area contributed by atoms with E-state index in [-0.39, 0.29) is 0 Å². The van der Waals surface area contributed by atoms with Crippen LogP contribution in [0.15, 0.2) is 40.9 Å². The predicted octanol–water partition coefficient (Wildman–Crippen LogP) is 5.13. The zero-order valence-electron chi connectivity index (χ0n) is 12.4. The first-order chi connectivity index (χ1) is 9.31. The molecule has 2 rings (SSSR count). The molecule has 1 nitrogen and oxygen atoms in total. The second kappa shape index (κ2) is 6.70. The lowest BCUT2D eigenvalue weighted by Crippen LogP contribution is -2.21. The molecule has 0 aliphatic carbocycles. The quantitative estimate of drug-likeness (QED) is 0.691. The Morgan fingerprint density at radius 3 is 2.37 bits per heavy atom. The average molecular weight is 255 g/mol. The van der Waals surface area contributed by atoms with Gasteiger partial charge in [-0.05, 0) is 36.0 Å². The number of benzene rings is 1. The molecule has 0 aromatic heterocycles. The highest BCUT2D eigenvalue weighted by atomic mass is 14.8. The van der Waals surface area contributed by atoms with E-state index in [1.807, 2.05) is 0 Å². The molecule has 0 spiro atoms. The number of allylic oxidation sites excluding steroid dienone is 1. The maximum absolute atomic E-state index is 4.82. The van der Waals surface area contributed by atoms with E-state index >= 15 is 0 Å². The molecule has 0 N–H and O–H groups in total. The van der Waals surface area contributed by atoms with Crippen LogP contribution in [0, 0.1) is 5.92 Å². The van der Waals surface area contributed by atoms with Crippen molar-refractivity contribution in [3.63, 3.8) is 0 Å². The van der Waals surface area contributed by atoms with E-state index in [4.69, 9.17) is 4.99 Å². The van der Waals surface area contributed by atoms with Gasteiger partial charge in [0.1, 0.15) is 0 Å². The van der Waals surface area contributed by atoms with Crippen LogP contribution in [0.5, 0.6) is 0 Å². The standard InChI is InChI=1S/C18H25N/c1-4-10-17-16(6-3)18(14(5-2)13-19-17)15-11-8-7-9-12-15/h7-9,11-14,17H,4-6,10H2,1-3H3. The summed E-state index contributed by atoms with van der Waals surface area (Å²) in [6.45, 7) is 6.78. The third-order valence-corrected chi connectivity index (χ3v) is 4.03. The first-order valence-electron chi connectivity index (χ1n) is 7.63. The van der Waals surface area contributed by atoms with E-state index < -0.39 is 0 Å². The van der Waals surface area contributed by atoms with Crippen molar-refractivity contribution in [1.29, 1.82) is 0 Å². The lowest BCUT2D eigenvalue weighted by Gasteiger charge is -2.29. The molecule has 2 atom stereocenters. The normalized spacial score (nSPS) is 22.9. The molecule has 1 aliphatic rings. The molecular weight excluding hydrogens is 230 g/mol. The fourth-order valence-corrected chi connectivity index (χ4v) is 3.06. The highest BCUT2D eigenvalue weighted by molar-refractivity contribution is 5.87. The van der Waals surface area contributed by atoms with Crippen molar-refractivity contribution in [2.45, 2.75) is 52.5 Å². The number of aliphatic imine (C=N–C) groups is 1. The SMILES string of the molecule is CCCC1N=CC(CC)C(c2ccccc2)=C1CC. The summed E-state index contributed by atoms with van der Waals surface area (Å²) in [6.07, 6.45) is 6.82. The Labute approximate surface area is 117 Å². The third kappa shape index (κ3) is 2.97. The molecule has 0 fully saturated rings. The minimum atomic E-state index is 0.410. The number of nitrogens with zero attached hydrogens (tertiary/aromatic N) is 1. The van der Waals surface area contributed by atoms with E-state index in [1.54, 1.807) is 11.1 Å². The van der Waals surface area contributed by atoms with Crippen molar-refractivity contribution < 1.29 is 0 Å². The molecule has 1 aliphatic heterocycles. The van der Waals surface area contributed by atoms with E-state index in [2.05, 4.69) is 57.3 Å². The molecule has 0 bridgehead atoms. The molecule has 2 unspecified atom stereocenters. The summed E-state index contributed by atoms with van der Waals surface area (Å²) in [7, 11) is 0. The smallest absolute Gasteiger partial charge is 0.0711 e. The van der Waals surface area contributed by atoms with E-state index in [0.717, 1.165) is 12.8 Å². The fraction of sp³-hybridized carbons (Fsp3) is 0.500. The number of hydrogen-bond donors (Lipinski definition) is 0. The molecule has 19 heavy (non-hydrogen) atoms. The summed E-state index contributed by atoms with van der Waals surface area (Å²) in [5, 5.41) is 0. The second-order valence-corrected chi connectivity index (χ2v) is 5.28. The molecule has 1 aromatic rings. The molecule has 0 saturated heterocycles. The van der Waals surface area contributed by atoms with Crippen LogP contribution in [0.25, 0.3) is 5.57 Å². The molecule has 1 heterocycles. The zero-order valence-corrected chi connectivity index (χ0v) is 12.4. The Morgan fingerprint density at radius 2 is 1.79 bits per heavy atom. The highest BCUT2D eigenvalue weighted by Crippen LogP contribution is 2.36. The van der Waals surface area contributed by atoms with Crippen molar-refractivity contribution in [2.75, 3.05) is 0 Å². The van der Waals surface area contributed by atoms with E-state index in [9.17, 15) is 0 Å². The van der Waals surface area contributed by atoms with Gasteiger partial charge in [0, 0.05) is 12.1 Å². The maximum atomic E-state index is 4.82. The third-order valence-electron chi connectivity index (χ3n) is 4.03. The number of dihydropyridines is 1. The van der Waals surface area contributed by atoms with Gasteiger partial charge in [0.2, 0.25) is 0 Å². The van der Waals surface area contributed by atoms with E-state index in [0.29, 0.717) is 12.0 Å². The lowest BCUT2D eigenvalue weighted by atomic mass is 9.81. The van der Waals surface area contributed by atoms with Gasteiger partial charge in [-0.1, -0.05) is 57.5 Å². The molecular formula is C18H25N. The van der Waals surface area contributed by atoms with Crippen LogP contribution in [-0.2, 0) is 0 Å². The van der Waals surface area contributed by atoms with Gasteiger partial charge >= 0.3 is 0 Å². The summed E-state index contributed by atoms with van der Waals surface area (Å²) in [5.41, 5.74) is 4.49. The van der Waals surface area contributed by atoms with Crippen LogP contribution < -0.4 is 0 Å². The second-order valence-electron chi connectivity index (χ2n) is 5.28. The fourth-order valence-electron chi connectivity index (χ4n) is 3.06. The summed E-state index contributed by atoms with van der Waals surface area (Å²) < 4.78 is 0. The maximum Gasteiger partial charge on any atom is 0.0711 e. The molecule has 102 valence electrons. The molecule has 0 amide bonds.